The highest BCUT2D eigenvalue weighted by molar-refractivity contribution is 7.98. The molecule has 2 heteroatoms. The maximum absolute atomic E-state index is 5.95. The summed E-state index contributed by atoms with van der Waals surface area (Å²) < 4.78 is 0. The van der Waals surface area contributed by atoms with Gasteiger partial charge in [0.15, 0.2) is 0 Å². The molecule has 0 amide bonds. The van der Waals surface area contributed by atoms with Crippen LogP contribution in [-0.4, -0.2) is 12.3 Å². The highest BCUT2D eigenvalue weighted by Crippen LogP contribution is 2.37. The fourth-order valence-electron chi connectivity index (χ4n) is 2.30. The summed E-state index contributed by atoms with van der Waals surface area (Å²) in [4.78, 5) is 1.42. The van der Waals surface area contributed by atoms with Crippen LogP contribution in [0.5, 0.6) is 0 Å². The summed E-state index contributed by atoms with van der Waals surface area (Å²) in [6.07, 6.45) is 5.76. The molecule has 0 aromatic heterocycles. The lowest BCUT2D eigenvalue weighted by Gasteiger charge is -2.13. The second-order valence-corrected chi connectivity index (χ2v) is 4.86. The fraction of sp³-hybridized carbons (Fsp3) is 0.500. The summed E-state index contributed by atoms with van der Waals surface area (Å²) in [5.74, 6) is 0.702. The molecule has 2 unspecified atom stereocenters. The van der Waals surface area contributed by atoms with Gasteiger partial charge >= 0.3 is 0 Å². The molecule has 0 saturated heterocycles. The van der Waals surface area contributed by atoms with Gasteiger partial charge in [-0.05, 0) is 43.1 Å². The minimum absolute atomic E-state index is 0.426. The molecule has 1 fully saturated rings. The van der Waals surface area contributed by atoms with Crippen LogP contribution in [-0.2, 0) is 0 Å². The Bertz CT molecular complexity index is 311. The molecule has 76 valence electrons. The summed E-state index contributed by atoms with van der Waals surface area (Å²) in [5, 5.41) is 0. The zero-order valence-corrected chi connectivity index (χ0v) is 9.39. The summed E-state index contributed by atoms with van der Waals surface area (Å²) in [7, 11) is 0. The molecule has 14 heavy (non-hydrogen) atoms. The molecule has 0 radical (unpaired) electrons. The van der Waals surface area contributed by atoms with E-state index in [9.17, 15) is 0 Å². The van der Waals surface area contributed by atoms with Crippen LogP contribution < -0.4 is 5.73 Å². The van der Waals surface area contributed by atoms with Crippen LogP contribution >= 0.6 is 11.8 Å². The first-order valence-corrected chi connectivity index (χ1v) is 6.42. The van der Waals surface area contributed by atoms with E-state index in [1.807, 2.05) is 11.8 Å². The van der Waals surface area contributed by atoms with E-state index < -0.39 is 0 Å². The quantitative estimate of drug-likeness (QED) is 0.754. The van der Waals surface area contributed by atoms with Crippen LogP contribution in [0.25, 0.3) is 0 Å². The number of hydrogen-bond acceptors (Lipinski definition) is 2. The zero-order valence-electron chi connectivity index (χ0n) is 8.57. The highest BCUT2D eigenvalue weighted by atomic mass is 32.2. The first-order chi connectivity index (χ1) is 6.81. The lowest BCUT2D eigenvalue weighted by atomic mass is 9.97. The third kappa shape index (κ3) is 1.96. The SMILES string of the molecule is CSc1ccccc1C1CCC(N)C1. The Morgan fingerprint density at radius 3 is 2.71 bits per heavy atom. The van der Waals surface area contributed by atoms with Crippen molar-refractivity contribution < 1.29 is 0 Å². The normalized spacial score (nSPS) is 26.7. The Balaban J connectivity index is 2.22. The van der Waals surface area contributed by atoms with Gasteiger partial charge in [0.1, 0.15) is 0 Å². The van der Waals surface area contributed by atoms with E-state index in [-0.39, 0.29) is 0 Å². The van der Waals surface area contributed by atoms with E-state index in [0.29, 0.717) is 12.0 Å². The molecule has 0 bridgehead atoms. The molecule has 1 aromatic rings. The zero-order chi connectivity index (χ0) is 9.97. The molecule has 0 spiro atoms. The van der Waals surface area contributed by atoms with Crippen LogP contribution in [0.1, 0.15) is 30.7 Å². The van der Waals surface area contributed by atoms with Gasteiger partial charge in [0.2, 0.25) is 0 Å². The van der Waals surface area contributed by atoms with E-state index in [4.69, 9.17) is 5.73 Å². The van der Waals surface area contributed by atoms with Gasteiger partial charge in [0.25, 0.3) is 0 Å². The Kier molecular flexibility index (Phi) is 3.14. The fourth-order valence-corrected chi connectivity index (χ4v) is 2.99. The van der Waals surface area contributed by atoms with Gasteiger partial charge in [-0.3, -0.25) is 0 Å². The predicted octanol–water partition coefficient (Wildman–Crippen LogP) is 3.00. The molecule has 1 aliphatic carbocycles. The standard InChI is InChI=1S/C12H17NS/c1-14-12-5-3-2-4-11(12)9-6-7-10(13)8-9/h2-5,9-10H,6-8,13H2,1H3. The predicted molar refractivity (Wildman–Crippen MR) is 62.8 cm³/mol. The molecule has 1 aromatic carbocycles. The topological polar surface area (TPSA) is 26.0 Å². The van der Waals surface area contributed by atoms with E-state index in [1.165, 1.54) is 23.3 Å². The first kappa shape index (κ1) is 10.1. The van der Waals surface area contributed by atoms with Crippen LogP contribution in [0.4, 0.5) is 0 Å². The number of rotatable bonds is 2. The number of hydrogen-bond donors (Lipinski definition) is 1. The minimum atomic E-state index is 0.426. The molecule has 2 rings (SSSR count). The Morgan fingerprint density at radius 2 is 2.07 bits per heavy atom. The van der Waals surface area contributed by atoms with Gasteiger partial charge in [0.05, 0.1) is 0 Å². The van der Waals surface area contributed by atoms with Crippen molar-refractivity contribution in [2.75, 3.05) is 6.26 Å². The van der Waals surface area contributed by atoms with Gasteiger partial charge < -0.3 is 5.73 Å². The van der Waals surface area contributed by atoms with E-state index in [2.05, 4.69) is 30.5 Å². The largest absolute Gasteiger partial charge is 0.328 e. The monoisotopic (exact) mass is 207 g/mol. The maximum Gasteiger partial charge on any atom is 0.0104 e. The molecule has 0 heterocycles. The molecule has 2 N–H and O–H groups in total. The van der Waals surface area contributed by atoms with Gasteiger partial charge in [0, 0.05) is 10.9 Å². The van der Waals surface area contributed by atoms with E-state index in [0.717, 1.165) is 6.42 Å². The third-order valence-electron chi connectivity index (χ3n) is 3.05. The van der Waals surface area contributed by atoms with Crippen molar-refractivity contribution in [1.82, 2.24) is 0 Å². The Labute approximate surface area is 90.1 Å². The number of nitrogens with two attached hydrogens (primary N) is 1. The summed E-state index contributed by atoms with van der Waals surface area (Å²) >= 11 is 1.84. The molecule has 2 atom stereocenters. The molecule has 0 aliphatic heterocycles. The summed E-state index contributed by atoms with van der Waals surface area (Å²) in [6.45, 7) is 0. The van der Waals surface area contributed by atoms with Crippen LogP contribution in [0.3, 0.4) is 0 Å². The van der Waals surface area contributed by atoms with Gasteiger partial charge in [-0.15, -0.1) is 11.8 Å². The second kappa shape index (κ2) is 4.37. The van der Waals surface area contributed by atoms with Crippen molar-refractivity contribution in [1.29, 1.82) is 0 Å². The van der Waals surface area contributed by atoms with Crippen molar-refractivity contribution in [2.45, 2.75) is 36.1 Å². The number of benzene rings is 1. The van der Waals surface area contributed by atoms with Crippen LogP contribution in [0.15, 0.2) is 29.2 Å². The van der Waals surface area contributed by atoms with E-state index >= 15 is 0 Å². The van der Waals surface area contributed by atoms with Gasteiger partial charge in [-0.2, -0.15) is 0 Å². The van der Waals surface area contributed by atoms with Gasteiger partial charge in [-0.25, -0.2) is 0 Å². The summed E-state index contributed by atoms with van der Waals surface area (Å²) in [5.41, 5.74) is 7.45. The molecule has 1 aliphatic rings. The van der Waals surface area contributed by atoms with Crippen molar-refractivity contribution in [3.63, 3.8) is 0 Å². The molecule has 1 saturated carbocycles. The smallest absolute Gasteiger partial charge is 0.0104 e. The lowest BCUT2D eigenvalue weighted by molar-refractivity contribution is 0.668. The van der Waals surface area contributed by atoms with Crippen molar-refractivity contribution >= 4 is 11.8 Å². The van der Waals surface area contributed by atoms with Crippen molar-refractivity contribution in [3.05, 3.63) is 29.8 Å². The highest BCUT2D eigenvalue weighted by Gasteiger charge is 2.24. The Hall–Kier alpha value is -0.470. The number of thioether (sulfide) groups is 1. The molecular formula is C12H17NS. The summed E-state index contributed by atoms with van der Waals surface area (Å²) in [6, 6.07) is 9.15. The third-order valence-corrected chi connectivity index (χ3v) is 3.86. The average molecular weight is 207 g/mol. The van der Waals surface area contributed by atoms with Crippen LogP contribution in [0.2, 0.25) is 0 Å². The lowest BCUT2D eigenvalue weighted by Crippen LogP contribution is -2.14. The van der Waals surface area contributed by atoms with Crippen molar-refractivity contribution in [3.8, 4) is 0 Å². The average Bonchev–Trinajstić information content (AvgIpc) is 2.65. The first-order valence-electron chi connectivity index (χ1n) is 5.19. The Morgan fingerprint density at radius 1 is 1.29 bits per heavy atom. The van der Waals surface area contributed by atoms with Gasteiger partial charge in [-0.1, -0.05) is 18.2 Å². The van der Waals surface area contributed by atoms with E-state index in [1.54, 1.807) is 0 Å². The maximum atomic E-state index is 5.95. The minimum Gasteiger partial charge on any atom is -0.328 e. The molecule has 1 nitrogen and oxygen atoms in total. The molecular weight excluding hydrogens is 190 g/mol. The second-order valence-electron chi connectivity index (χ2n) is 4.01. The van der Waals surface area contributed by atoms with Crippen molar-refractivity contribution in [2.24, 2.45) is 5.73 Å². The van der Waals surface area contributed by atoms with Crippen LogP contribution in [0, 0.1) is 0 Å².